The van der Waals surface area contributed by atoms with E-state index in [0.717, 1.165) is 59.3 Å². The number of hydrogen-bond acceptors (Lipinski definition) is 2. The van der Waals surface area contributed by atoms with E-state index in [2.05, 4.69) is 179 Å². The van der Waals surface area contributed by atoms with E-state index in [9.17, 15) is 4.79 Å². The molecule has 0 aliphatic heterocycles. The van der Waals surface area contributed by atoms with Crippen LogP contribution in [0.4, 0.5) is 0 Å². The maximum absolute atomic E-state index is 14.5. The van der Waals surface area contributed by atoms with Gasteiger partial charge < -0.3 is 9.13 Å². The van der Waals surface area contributed by atoms with Crippen molar-refractivity contribution in [3.05, 3.63) is 192 Å². The van der Waals surface area contributed by atoms with Gasteiger partial charge in [-0.1, -0.05) is 117 Å². The molecule has 11 aromatic rings. The van der Waals surface area contributed by atoms with Gasteiger partial charge in [0.05, 0.1) is 22.1 Å². The molecule has 0 aliphatic carbocycles. The Morgan fingerprint density at radius 2 is 0.873 bits per heavy atom. The minimum Gasteiger partial charge on any atom is -0.309 e. The SMILES string of the molecule is CC.O=c1c2ccc(-c3ccc4c(c3)c3ccccc3n4-c3ccccc3)cc2sc2cccc(-c3ccc4c(c3)c3ccccc3n4-c3ccccc3)c12. The van der Waals surface area contributed by atoms with Crippen molar-refractivity contribution in [2.45, 2.75) is 13.8 Å². The fourth-order valence-electron chi connectivity index (χ4n) is 8.32. The summed E-state index contributed by atoms with van der Waals surface area (Å²) < 4.78 is 6.64. The lowest BCUT2D eigenvalue weighted by Gasteiger charge is -2.11. The van der Waals surface area contributed by atoms with Crippen molar-refractivity contribution < 1.29 is 0 Å². The summed E-state index contributed by atoms with van der Waals surface area (Å²) in [5.74, 6) is 0. The summed E-state index contributed by atoms with van der Waals surface area (Å²) in [6.07, 6.45) is 0. The van der Waals surface area contributed by atoms with Gasteiger partial charge in [0.1, 0.15) is 0 Å². The second-order valence-electron chi connectivity index (χ2n) is 13.7. The highest BCUT2D eigenvalue weighted by molar-refractivity contribution is 7.24. The lowest BCUT2D eigenvalue weighted by molar-refractivity contribution is 1.18. The molecule has 0 spiro atoms. The highest BCUT2D eigenvalue weighted by atomic mass is 32.1. The molecule has 3 nitrogen and oxygen atoms in total. The fourth-order valence-corrected chi connectivity index (χ4v) is 9.47. The Bertz CT molecular complexity index is 3300. The highest BCUT2D eigenvalue weighted by Gasteiger charge is 2.17. The van der Waals surface area contributed by atoms with Crippen molar-refractivity contribution in [2.75, 3.05) is 0 Å². The molecule has 4 heteroatoms. The molecule has 0 fully saturated rings. The van der Waals surface area contributed by atoms with Gasteiger partial charge in [-0.2, -0.15) is 0 Å². The van der Waals surface area contributed by atoms with Gasteiger partial charge in [-0.25, -0.2) is 0 Å². The quantitative estimate of drug-likeness (QED) is 0.166. The molecule has 55 heavy (non-hydrogen) atoms. The topological polar surface area (TPSA) is 26.9 Å². The van der Waals surface area contributed by atoms with Crippen LogP contribution < -0.4 is 5.43 Å². The Labute approximate surface area is 322 Å². The lowest BCUT2D eigenvalue weighted by atomic mass is 9.98. The third-order valence-electron chi connectivity index (χ3n) is 10.7. The highest BCUT2D eigenvalue weighted by Crippen LogP contribution is 2.39. The third-order valence-corrected chi connectivity index (χ3v) is 11.8. The average Bonchev–Trinajstić information content (AvgIpc) is 3.77. The molecule has 11 rings (SSSR count). The molecule has 3 heterocycles. The van der Waals surface area contributed by atoms with Crippen LogP contribution in [0.2, 0.25) is 0 Å². The van der Waals surface area contributed by atoms with Crippen LogP contribution >= 0.6 is 11.3 Å². The fraction of sp³-hybridized carbons (Fsp3) is 0.0392. The normalized spacial score (nSPS) is 11.5. The summed E-state index contributed by atoms with van der Waals surface area (Å²) in [5.41, 5.74) is 11.3. The van der Waals surface area contributed by atoms with E-state index in [-0.39, 0.29) is 5.43 Å². The van der Waals surface area contributed by atoms with Crippen molar-refractivity contribution in [2.24, 2.45) is 0 Å². The molecule has 3 aromatic heterocycles. The number of hydrogen-bond donors (Lipinski definition) is 0. The standard InChI is InChI=1S/C49H30N2OS.C2H6/c52-49-39-25-22-32(31-23-26-44-40(28-31)37-16-7-9-19-42(37)50(44)34-12-3-1-4-13-34)30-47(39)53-46-21-11-18-36(48(46)49)33-24-27-45-41(29-33)38-17-8-10-20-43(38)51(45)35-14-5-2-6-15-35;1-2/h1-30H;1-2H3. The maximum Gasteiger partial charge on any atom is 0.196 e. The van der Waals surface area contributed by atoms with Crippen LogP contribution in [-0.2, 0) is 0 Å². The van der Waals surface area contributed by atoms with Crippen LogP contribution in [0.5, 0.6) is 0 Å². The molecule has 0 saturated carbocycles. The van der Waals surface area contributed by atoms with Crippen LogP contribution in [0.15, 0.2) is 187 Å². The van der Waals surface area contributed by atoms with Gasteiger partial charge in [0, 0.05) is 53.1 Å². The third kappa shape index (κ3) is 5.21. The van der Waals surface area contributed by atoms with Crippen LogP contribution in [-0.4, -0.2) is 9.13 Å². The smallest absolute Gasteiger partial charge is 0.196 e. The van der Waals surface area contributed by atoms with Crippen LogP contribution in [0.25, 0.3) is 97.4 Å². The van der Waals surface area contributed by atoms with Gasteiger partial charge in [0.25, 0.3) is 0 Å². The van der Waals surface area contributed by atoms with Gasteiger partial charge >= 0.3 is 0 Å². The van der Waals surface area contributed by atoms with E-state index < -0.39 is 0 Å². The van der Waals surface area contributed by atoms with Gasteiger partial charge in [0.2, 0.25) is 0 Å². The largest absolute Gasteiger partial charge is 0.309 e. The predicted molar refractivity (Wildman–Crippen MR) is 236 cm³/mol. The van der Waals surface area contributed by atoms with Crippen LogP contribution in [0.1, 0.15) is 13.8 Å². The van der Waals surface area contributed by atoms with E-state index in [4.69, 9.17) is 0 Å². The number of para-hydroxylation sites is 4. The summed E-state index contributed by atoms with van der Waals surface area (Å²) in [6, 6.07) is 64.1. The Balaban J connectivity index is 0.00000183. The van der Waals surface area contributed by atoms with Crippen molar-refractivity contribution in [1.82, 2.24) is 9.13 Å². The number of nitrogens with zero attached hydrogens (tertiary/aromatic N) is 2. The summed E-state index contributed by atoms with van der Waals surface area (Å²) in [4.78, 5) is 14.5. The van der Waals surface area contributed by atoms with E-state index in [1.807, 2.05) is 26.0 Å². The number of benzene rings is 8. The van der Waals surface area contributed by atoms with Crippen LogP contribution in [0, 0.1) is 0 Å². The molecular formula is C51H36N2OS. The summed E-state index contributed by atoms with van der Waals surface area (Å²) >= 11 is 1.69. The van der Waals surface area contributed by atoms with Gasteiger partial charge in [-0.05, 0) is 101 Å². The molecule has 0 aliphatic rings. The van der Waals surface area contributed by atoms with Crippen molar-refractivity contribution in [3.8, 4) is 33.6 Å². The molecule has 0 radical (unpaired) electrons. The molecule has 0 unspecified atom stereocenters. The van der Waals surface area contributed by atoms with E-state index >= 15 is 0 Å². The Morgan fingerprint density at radius 3 is 1.49 bits per heavy atom. The maximum atomic E-state index is 14.5. The van der Waals surface area contributed by atoms with Crippen LogP contribution in [0.3, 0.4) is 0 Å². The van der Waals surface area contributed by atoms with Gasteiger partial charge in [0.15, 0.2) is 5.43 Å². The monoisotopic (exact) mass is 724 g/mol. The van der Waals surface area contributed by atoms with Crippen molar-refractivity contribution in [3.63, 3.8) is 0 Å². The van der Waals surface area contributed by atoms with Crippen molar-refractivity contribution in [1.29, 1.82) is 0 Å². The van der Waals surface area contributed by atoms with E-state index in [1.165, 1.54) is 38.1 Å². The first-order valence-electron chi connectivity index (χ1n) is 18.9. The second-order valence-corrected chi connectivity index (χ2v) is 14.7. The minimum absolute atomic E-state index is 0.0732. The first-order valence-corrected chi connectivity index (χ1v) is 19.7. The number of fused-ring (bicyclic) bond motifs is 8. The molecule has 0 bridgehead atoms. The van der Waals surface area contributed by atoms with E-state index in [0.29, 0.717) is 0 Å². The first kappa shape index (κ1) is 32.9. The molecule has 0 saturated heterocycles. The minimum atomic E-state index is 0.0732. The average molecular weight is 725 g/mol. The van der Waals surface area contributed by atoms with Crippen molar-refractivity contribution >= 4 is 75.1 Å². The first-order chi connectivity index (χ1) is 27.2. The van der Waals surface area contributed by atoms with Gasteiger partial charge in [-0.3, -0.25) is 4.79 Å². The Morgan fingerprint density at radius 1 is 0.382 bits per heavy atom. The predicted octanol–water partition coefficient (Wildman–Crippen LogP) is 14.0. The molecule has 8 aromatic carbocycles. The zero-order valence-electron chi connectivity index (χ0n) is 30.5. The lowest BCUT2D eigenvalue weighted by Crippen LogP contribution is -2.03. The summed E-state index contributed by atoms with van der Waals surface area (Å²) in [6.45, 7) is 4.00. The Kier molecular flexibility index (Phi) is 7.93. The Hall–Kier alpha value is -6.75. The molecule has 0 amide bonds. The number of rotatable bonds is 4. The zero-order valence-corrected chi connectivity index (χ0v) is 31.3. The molecular weight excluding hydrogens is 689 g/mol. The molecule has 262 valence electrons. The summed E-state index contributed by atoms with van der Waals surface area (Å²) in [5, 5.41) is 6.33. The van der Waals surface area contributed by atoms with Gasteiger partial charge in [-0.15, -0.1) is 11.3 Å². The second kappa shape index (κ2) is 13.3. The molecule has 0 atom stereocenters. The zero-order chi connectivity index (χ0) is 37.0. The molecule has 0 N–H and O–H groups in total. The summed E-state index contributed by atoms with van der Waals surface area (Å²) in [7, 11) is 0. The number of aromatic nitrogens is 2. The van der Waals surface area contributed by atoms with E-state index in [1.54, 1.807) is 11.3 Å².